The van der Waals surface area contributed by atoms with Crippen molar-refractivity contribution in [3.8, 4) is 0 Å². The Morgan fingerprint density at radius 2 is 1.96 bits per heavy atom. The number of Topliss-reactive ketones (excluding diaryl/α,β-unsaturated/α-hetero) is 1. The van der Waals surface area contributed by atoms with Gasteiger partial charge < -0.3 is 14.6 Å². The number of carbonyl (C=O) groups is 4. The normalized spacial score (nSPS) is 34.5. The Labute approximate surface area is 146 Å². The summed E-state index contributed by atoms with van der Waals surface area (Å²) in [5, 5.41) is 10.5. The van der Waals surface area contributed by atoms with Gasteiger partial charge in [0.2, 0.25) is 0 Å². The maximum atomic E-state index is 12.7. The quantitative estimate of drug-likeness (QED) is 0.754. The number of fused-ring (bicyclic) bond motifs is 1. The molecular formula is C18H24O7. The van der Waals surface area contributed by atoms with Crippen LogP contribution < -0.4 is 0 Å². The minimum absolute atomic E-state index is 0.0790. The Morgan fingerprint density at radius 1 is 1.36 bits per heavy atom. The van der Waals surface area contributed by atoms with Crippen molar-refractivity contribution in [1.82, 2.24) is 0 Å². The fraction of sp³-hybridized carbons (Fsp3) is 0.667. The van der Waals surface area contributed by atoms with E-state index in [-0.39, 0.29) is 30.3 Å². The van der Waals surface area contributed by atoms with Gasteiger partial charge in [0.1, 0.15) is 5.78 Å². The van der Waals surface area contributed by atoms with Crippen molar-refractivity contribution in [1.29, 1.82) is 0 Å². The summed E-state index contributed by atoms with van der Waals surface area (Å²) in [5.41, 5.74) is -2.11. The first kappa shape index (κ1) is 19.3. The Balaban J connectivity index is 2.44. The average molecular weight is 352 g/mol. The number of ether oxygens (including phenoxy) is 2. The molecule has 0 unspecified atom stereocenters. The second-order valence-corrected chi connectivity index (χ2v) is 7.41. The van der Waals surface area contributed by atoms with Gasteiger partial charge in [0.25, 0.3) is 0 Å². The molecule has 0 aromatic carbocycles. The number of methoxy groups -OCH3 is 1. The zero-order chi connectivity index (χ0) is 19.2. The van der Waals surface area contributed by atoms with Crippen molar-refractivity contribution < 1.29 is 33.8 Å². The lowest BCUT2D eigenvalue weighted by Gasteiger charge is -2.50. The number of esters is 2. The Kier molecular flexibility index (Phi) is 4.92. The second-order valence-electron chi connectivity index (χ2n) is 7.41. The zero-order valence-corrected chi connectivity index (χ0v) is 15.1. The summed E-state index contributed by atoms with van der Waals surface area (Å²) in [6.07, 6.45) is 0.459. The van der Waals surface area contributed by atoms with Gasteiger partial charge in [-0.15, -0.1) is 0 Å². The van der Waals surface area contributed by atoms with Gasteiger partial charge in [0.05, 0.1) is 13.0 Å². The van der Waals surface area contributed by atoms with E-state index in [1.807, 2.05) is 0 Å². The molecule has 2 rings (SSSR count). The summed E-state index contributed by atoms with van der Waals surface area (Å²) in [6.45, 7) is 5.98. The highest BCUT2D eigenvalue weighted by Crippen LogP contribution is 2.52. The van der Waals surface area contributed by atoms with Crippen LogP contribution in [0.15, 0.2) is 11.6 Å². The van der Waals surface area contributed by atoms with E-state index in [1.54, 1.807) is 13.8 Å². The number of hydrogen-bond donors (Lipinski definition) is 1. The lowest BCUT2D eigenvalue weighted by molar-refractivity contribution is -0.179. The third-order valence-electron chi connectivity index (χ3n) is 5.55. The molecule has 0 heterocycles. The summed E-state index contributed by atoms with van der Waals surface area (Å²) in [6, 6.07) is 0. The van der Waals surface area contributed by atoms with Gasteiger partial charge in [0, 0.05) is 18.8 Å². The molecule has 0 saturated heterocycles. The highest BCUT2D eigenvalue weighted by Gasteiger charge is 2.59. The van der Waals surface area contributed by atoms with Gasteiger partial charge in [-0.2, -0.15) is 0 Å². The summed E-state index contributed by atoms with van der Waals surface area (Å²) in [7, 11) is 1.15. The van der Waals surface area contributed by atoms with E-state index in [1.165, 1.54) is 19.9 Å². The molecule has 1 fully saturated rings. The molecule has 0 aliphatic heterocycles. The van der Waals surface area contributed by atoms with Crippen LogP contribution in [0.3, 0.4) is 0 Å². The number of carbonyl (C=O) groups excluding carboxylic acids is 4. The van der Waals surface area contributed by atoms with Crippen LogP contribution in [-0.4, -0.2) is 47.4 Å². The van der Waals surface area contributed by atoms with Crippen LogP contribution in [0.5, 0.6) is 0 Å². The minimum Gasteiger partial charge on any atom is -0.467 e. The molecule has 0 bridgehead atoms. The molecule has 0 spiro atoms. The first-order valence-corrected chi connectivity index (χ1v) is 8.18. The second kappa shape index (κ2) is 6.37. The predicted molar refractivity (Wildman–Crippen MR) is 86.3 cm³/mol. The molecule has 138 valence electrons. The van der Waals surface area contributed by atoms with Crippen LogP contribution in [0.1, 0.15) is 40.5 Å². The third-order valence-corrected chi connectivity index (χ3v) is 5.55. The van der Waals surface area contributed by atoms with Crippen molar-refractivity contribution in [3.63, 3.8) is 0 Å². The van der Waals surface area contributed by atoms with E-state index < -0.39 is 35.0 Å². The monoisotopic (exact) mass is 352 g/mol. The number of hydrogen-bond acceptors (Lipinski definition) is 7. The van der Waals surface area contributed by atoms with E-state index in [0.29, 0.717) is 0 Å². The van der Waals surface area contributed by atoms with Crippen molar-refractivity contribution in [2.24, 2.45) is 17.3 Å². The zero-order valence-electron chi connectivity index (χ0n) is 15.1. The van der Waals surface area contributed by atoms with Crippen LogP contribution in [-0.2, 0) is 28.7 Å². The van der Waals surface area contributed by atoms with E-state index in [9.17, 15) is 24.3 Å². The highest BCUT2D eigenvalue weighted by atomic mass is 16.5. The molecule has 25 heavy (non-hydrogen) atoms. The third kappa shape index (κ3) is 3.13. The fourth-order valence-electron chi connectivity index (χ4n) is 4.22. The van der Waals surface area contributed by atoms with Crippen LogP contribution in [0, 0.1) is 17.3 Å². The predicted octanol–water partition coefficient (Wildman–Crippen LogP) is 0.973. The maximum Gasteiger partial charge on any atom is 0.338 e. The summed E-state index contributed by atoms with van der Waals surface area (Å²) in [4.78, 5) is 48.4. The van der Waals surface area contributed by atoms with E-state index in [2.05, 4.69) is 4.74 Å². The summed E-state index contributed by atoms with van der Waals surface area (Å²) >= 11 is 0. The van der Waals surface area contributed by atoms with Crippen LogP contribution in [0.2, 0.25) is 0 Å². The molecule has 1 N–H and O–H groups in total. The van der Waals surface area contributed by atoms with Crippen LogP contribution in [0.25, 0.3) is 0 Å². The Morgan fingerprint density at radius 3 is 2.48 bits per heavy atom. The summed E-state index contributed by atoms with van der Waals surface area (Å²) in [5.74, 6) is -3.41. The van der Waals surface area contributed by atoms with Gasteiger partial charge >= 0.3 is 11.9 Å². The number of aliphatic hydroxyl groups is 1. The molecule has 0 radical (unpaired) electrons. The lowest BCUT2D eigenvalue weighted by Crippen LogP contribution is -2.58. The maximum absolute atomic E-state index is 12.7. The first-order chi connectivity index (χ1) is 11.4. The molecule has 2 aliphatic rings. The van der Waals surface area contributed by atoms with E-state index in [0.717, 1.165) is 12.7 Å². The van der Waals surface area contributed by atoms with Gasteiger partial charge in [-0.05, 0) is 32.3 Å². The average Bonchev–Trinajstić information content (AvgIpc) is 2.49. The van der Waals surface area contributed by atoms with E-state index in [4.69, 9.17) is 4.74 Å². The Hall–Kier alpha value is -2.02. The molecule has 7 nitrogen and oxygen atoms in total. The molecule has 7 heteroatoms. The molecule has 5 atom stereocenters. The number of ketones is 2. The van der Waals surface area contributed by atoms with Crippen molar-refractivity contribution >= 4 is 23.5 Å². The van der Waals surface area contributed by atoms with Crippen molar-refractivity contribution in [2.75, 3.05) is 7.11 Å². The molecule has 0 aromatic rings. The minimum atomic E-state index is -1.95. The molecular weight excluding hydrogens is 328 g/mol. The molecule has 0 aromatic heterocycles. The van der Waals surface area contributed by atoms with E-state index >= 15 is 0 Å². The highest BCUT2D eigenvalue weighted by molar-refractivity contribution is 5.99. The molecule has 1 saturated carbocycles. The van der Waals surface area contributed by atoms with Crippen LogP contribution in [0.4, 0.5) is 0 Å². The van der Waals surface area contributed by atoms with Gasteiger partial charge in [-0.3, -0.25) is 14.4 Å². The van der Waals surface area contributed by atoms with Crippen molar-refractivity contribution in [3.05, 3.63) is 11.6 Å². The topological polar surface area (TPSA) is 107 Å². The molecule has 0 amide bonds. The van der Waals surface area contributed by atoms with Crippen molar-refractivity contribution in [2.45, 2.75) is 52.2 Å². The smallest absolute Gasteiger partial charge is 0.338 e. The van der Waals surface area contributed by atoms with Gasteiger partial charge in [-0.25, -0.2) is 4.79 Å². The Bertz CT molecular complexity index is 660. The number of allylic oxidation sites excluding steroid dienone is 1. The fourth-order valence-corrected chi connectivity index (χ4v) is 4.22. The van der Waals surface area contributed by atoms with Gasteiger partial charge in [-0.1, -0.05) is 12.5 Å². The first-order valence-electron chi connectivity index (χ1n) is 8.18. The lowest BCUT2D eigenvalue weighted by atomic mass is 9.54. The standard InChI is InChI=1S/C18H24O7/c1-9-6-13(20)15(25-10(2)19)17(3)8-14(21)12(7-11(9)17)18(4,23)16(22)24-5/h6,11-12,15,23H,7-8H2,1-5H3/t11-,12+,15+,17+,18+/m1/s1. The SMILES string of the molecule is COC(=O)[C@@](C)(O)[C@H]1C[C@@H]2C(C)=CC(=O)[C@H](OC(C)=O)[C@@]2(C)CC1=O. The summed E-state index contributed by atoms with van der Waals surface area (Å²) < 4.78 is 9.84. The largest absolute Gasteiger partial charge is 0.467 e. The molecule has 2 aliphatic carbocycles. The number of rotatable bonds is 3. The van der Waals surface area contributed by atoms with Crippen LogP contribution >= 0.6 is 0 Å². The van der Waals surface area contributed by atoms with Gasteiger partial charge in [0.15, 0.2) is 17.5 Å².